The van der Waals surface area contributed by atoms with Crippen LogP contribution in [0.1, 0.15) is 40.4 Å². The molecule has 0 bridgehead atoms. The maximum absolute atomic E-state index is 12.8. The molecule has 0 radical (unpaired) electrons. The van der Waals surface area contributed by atoms with Crippen molar-refractivity contribution in [2.75, 3.05) is 31.1 Å². The molecule has 0 unspecified atom stereocenters. The zero-order valence-electron chi connectivity index (χ0n) is 18.6. The van der Waals surface area contributed by atoms with Crippen molar-refractivity contribution >= 4 is 23.4 Å². The van der Waals surface area contributed by atoms with E-state index in [1.165, 1.54) is 0 Å². The number of benzene rings is 2. The smallest absolute Gasteiger partial charge is 0.307 e. The summed E-state index contributed by atoms with van der Waals surface area (Å²) in [7, 11) is 0. The number of rotatable bonds is 9. The molecule has 0 spiro atoms. The van der Waals surface area contributed by atoms with Crippen molar-refractivity contribution in [2.45, 2.75) is 26.8 Å². The number of aryl methyl sites for hydroxylation is 1. The van der Waals surface area contributed by atoms with Gasteiger partial charge < -0.3 is 20.3 Å². The van der Waals surface area contributed by atoms with Gasteiger partial charge >= 0.3 is 5.97 Å². The molecule has 1 heterocycles. The van der Waals surface area contributed by atoms with Crippen molar-refractivity contribution in [3.05, 3.63) is 76.9 Å². The first-order valence-electron chi connectivity index (χ1n) is 10.8. The Hall–Kier alpha value is -3.61. The van der Waals surface area contributed by atoms with Crippen LogP contribution in [0.15, 0.2) is 54.6 Å². The Labute approximate surface area is 189 Å². The van der Waals surface area contributed by atoms with Gasteiger partial charge in [-0.2, -0.15) is 0 Å². The number of carbonyl (C=O) groups excluding carboxylic acids is 2. The zero-order chi connectivity index (χ0) is 23.1. The van der Waals surface area contributed by atoms with Gasteiger partial charge in [0.05, 0.1) is 13.0 Å². The lowest BCUT2D eigenvalue weighted by molar-refractivity contribution is -0.142. The van der Waals surface area contributed by atoms with Crippen LogP contribution in [0, 0.1) is 12.3 Å². The van der Waals surface area contributed by atoms with E-state index < -0.39 is 0 Å². The summed E-state index contributed by atoms with van der Waals surface area (Å²) in [5.74, 6) is -0.226. The number of hydrogen-bond donors (Lipinski definition) is 2. The molecule has 1 aliphatic rings. The molecule has 0 saturated heterocycles. The van der Waals surface area contributed by atoms with Gasteiger partial charge in [-0.25, -0.2) is 0 Å². The maximum atomic E-state index is 12.8. The predicted octanol–water partition coefficient (Wildman–Crippen LogP) is 3.25. The number of nitrogen functional groups attached to an aromatic ring is 1. The van der Waals surface area contributed by atoms with Crippen LogP contribution in [0.5, 0.6) is 0 Å². The van der Waals surface area contributed by atoms with Crippen molar-refractivity contribution in [3.8, 4) is 0 Å². The summed E-state index contributed by atoms with van der Waals surface area (Å²) >= 11 is 0. The van der Waals surface area contributed by atoms with E-state index in [4.69, 9.17) is 15.9 Å². The average Bonchev–Trinajstić information content (AvgIpc) is 3.31. The summed E-state index contributed by atoms with van der Waals surface area (Å²) in [4.78, 5) is 28.6. The fourth-order valence-corrected chi connectivity index (χ4v) is 3.73. The molecule has 3 N–H and O–H groups in total. The van der Waals surface area contributed by atoms with Crippen LogP contribution in [0.25, 0.3) is 0 Å². The van der Waals surface area contributed by atoms with E-state index in [1.54, 1.807) is 17.9 Å². The van der Waals surface area contributed by atoms with Gasteiger partial charge in [0.2, 0.25) is 0 Å². The minimum Gasteiger partial charge on any atom is -0.466 e. The Bertz CT molecular complexity index is 1020. The molecule has 2 aromatic carbocycles. The van der Waals surface area contributed by atoms with Crippen LogP contribution in [0.4, 0.5) is 5.69 Å². The van der Waals surface area contributed by atoms with E-state index in [9.17, 15) is 9.59 Å². The van der Waals surface area contributed by atoms with E-state index in [2.05, 4.69) is 4.90 Å². The van der Waals surface area contributed by atoms with E-state index in [0.29, 0.717) is 43.9 Å². The third kappa shape index (κ3) is 5.75. The molecule has 7 nitrogen and oxygen atoms in total. The van der Waals surface area contributed by atoms with Crippen molar-refractivity contribution in [2.24, 2.45) is 5.73 Å². The lowest BCUT2D eigenvalue weighted by Gasteiger charge is -2.26. The summed E-state index contributed by atoms with van der Waals surface area (Å²) in [5.41, 5.74) is 9.80. The normalized spacial score (nSPS) is 12.6. The Balaban J connectivity index is 1.81. The van der Waals surface area contributed by atoms with E-state index in [1.807, 2.05) is 55.5 Å². The van der Waals surface area contributed by atoms with Crippen molar-refractivity contribution in [3.63, 3.8) is 0 Å². The zero-order valence-corrected chi connectivity index (χ0v) is 18.6. The monoisotopic (exact) mass is 434 g/mol. The molecule has 0 aliphatic carbocycles. The highest BCUT2D eigenvalue weighted by molar-refractivity contribution is 5.96. The molecule has 0 atom stereocenters. The first-order chi connectivity index (χ1) is 15.4. The first-order valence-corrected chi connectivity index (χ1v) is 10.8. The minimum absolute atomic E-state index is 0.00713. The lowest BCUT2D eigenvalue weighted by atomic mass is 10.0. The van der Waals surface area contributed by atoms with Crippen molar-refractivity contribution in [1.29, 1.82) is 5.41 Å². The molecule has 0 aromatic heterocycles. The quantitative estimate of drug-likeness (QED) is 0.273. The highest BCUT2D eigenvalue weighted by atomic mass is 16.5. The van der Waals surface area contributed by atoms with Gasteiger partial charge in [-0.15, -0.1) is 0 Å². The molecule has 1 amide bonds. The topological polar surface area (TPSA) is 99.7 Å². The van der Waals surface area contributed by atoms with Crippen LogP contribution in [0.3, 0.4) is 0 Å². The Morgan fingerprint density at radius 3 is 2.56 bits per heavy atom. The lowest BCUT2D eigenvalue weighted by Crippen LogP contribution is -2.29. The van der Waals surface area contributed by atoms with Crippen molar-refractivity contribution < 1.29 is 14.3 Å². The second-order valence-electron chi connectivity index (χ2n) is 7.77. The standard InChI is InChI=1S/C25H30N4O3/c1-3-32-23(30)11-14-29(21-8-6-7-20(16-21)24(26)27)17-19-9-10-22(18(2)15-19)25(31)28-12-4-5-13-28/h4-10,15-16H,3,11-14,17H2,1-2H3,(H3,26,27). The molecule has 7 heteroatoms. The summed E-state index contributed by atoms with van der Waals surface area (Å²) in [5, 5.41) is 7.73. The highest BCUT2D eigenvalue weighted by Crippen LogP contribution is 2.22. The number of amides is 1. The Morgan fingerprint density at radius 1 is 1.16 bits per heavy atom. The van der Waals surface area contributed by atoms with Gasteiger partial charge in [-0.3, -0.25) is 15.0 Å². The summed E-state index contributed by atoms with van der Waals surface area (Å²) < 4.78 is 5.08. The fraction of sp³-hybridized carbons (Fsp3) is 0.320. The van der Waals surface area contributed by atoms with Crippen LogP contribution >= 0.6 is 0 Å². The SMILES string of the molecule is CCOC(=O)CCN(Cc1ccc(C(=O)N2CC=CC2)c(C)c1)c1cccc(C(=N)N)c1. The molecule has 2 aromatic rings. The molecule has 1 aliphatic heterocycles. The number of carbonyl (C=O) groups is 2. The third-order valence-corrected chi connectivity index (χ3v) is 5.41. The van der Waals surface area contributed by atoms with Gasteiger partial charge in [0.1, 0.15) is 5.84 Å². The fourth-order valence-electron chi connectivity index (χ4n) is 3.73. The van der Waals surface area contributed by atoms with Crippen LogP contribution in [0.2, 0.25) is 0 Å². The number of hydrogen-bond acceptors (Lipinski definition) is 5. The number of nitrogens with zero attached hydrogens (tertiary/aromatic N) is 2. The van der Waals surface area contributed by atoms with Crippen LogP contribution < -0.4 is 10.6 Å². The van der Waals surface area contributed by atoms with Crippen LogP contribution in [-0.2, 0) is 16.1 Å². The van der Waals surface area contributed by atoms with Gasteiger partial charge in [0, 0.05) is 43.0 Å². The van der Waals surface area contributed by atoms with Gasteiger partial charge in [-0.1, -0.05) is 36.4 Å². The van der Waals surface area contributed by atoms with Gasteiger partial charge in [0.25, 0.3) is 5.91 Å². The maximum Gasteiger partial charge on any atom is 0.307 e. The van der Waals surface area contributed by atoms with Crippen LogP contribution in [-0.4, -0.2) is 48.9 Å². The molecule has 32 heavy (non-hydrogen) atoms. The summed E-state index contributed by atoms with van der Waals surface area (Å²) in [6, 6.07) is 13.3. The predicted molar refractivity (Wildman–Crippen MR) is 126 cm³/mol. The van der Waals surface area contributed by atoms with E-state index in [-0.39, 0.29) is 24.1 Å². The third-order valence-electron chi connectivity index (χ3n) is 5.41. The number of nitrogens with one attached hydrogen (secondary N) is 1. The number of ether oxygens (including phenoxy) is 1. The number of amidine groups is 1. The number of nitrogens with two attached hydrogens (primary N) is 1. The number of esters is 1. The van der Waals surface area contributed by atoms with E-state index in [0.717, 1.165) is 16.8 Å². The summed E-state index contributed by atoms with van der Waals surface area (Å²) in [6.45, 7) is 6.37. The Morgan fingerprint density at radius 2 is 1.91 bits per heavy atom. The van der Waals surface area contributed by atoms with E-state index >= 15 is 0 Å². The molecule has 0 fully saturated rings. The average molecular weight is 435 g/mol. The molecular weight excluding hydrogens is 404 g/mol. The first kappa shape index (κ1) is 23.1. The van der Waals surface area contributed by atoms with Crippen molar-refractivity contribution in [1.82, 2.24) is 4.90 Å². The molecule has 0 saturated carbocycles. The van der Waals surface area contributed by atoms with Gasteiger partial charge in [-0.05, 0) is 43.2 Å². The van der Waals surface area contributed by atoms with Gasteiger partial charge in [0.15, 0.2) is 0 Å². The largest absolute Gasteiger partial charge is 0.466 e. The molecule has 3 rings (SSSR count). The second-order valence-corrected chi connectivity index (χ2v) is 7.77. The highest BCUT2D eigenvalue weighted by Gasteiger charge is 2.19. The molecular formula is C25H30N4O3. The summed E-state index contributed by atoms with van der Waals surface area (Å²) in [6.07, 6.45) is 4.24. The minimum atomic E-state index is -0.253. The molecule has 168 valence electrons. The number of anilines is 1. The second kappa shape index (κ2) is 10.6. The Kier molecular flexibility index (Phi) is 7.65.